The average Bonchev–Trinajstić information content (AvgIpc) is 3.37. The van der Waals surface area contributed by atoms with Gasteiger partial charge in [0.2, 0.25) is 0 Å². The van der Waals surface area contributed by atoms with Crippen molar-refractivity contribution >= 4 is 28.2 Å². The van der Waals surface area contributed by atoms with Gasteiger partial charge in [-0.25, -0.2) is 0 Å². The second-order valence-corrected chi connectivity index (χ2v) is 8.60. The first-order valence-corrected chi connectivity index (χ1v) is 10.7. The lowest BCUT2D eigenvalue weighted by Gasteiger charge is -2.11. The second kappa shape index (κ2) is 7.41. The van der Waals surface area contributed by atoms with Crippen LogP contribution in [-0.4, -0.2) is 21.4 Å². The summed E-state index contributed by atoms with van der Waals surface area (Å²) in [5.41, 5.74) is 2.91. The van der Waals surface area contributed by atoms with E-state index in [-0.39, 0.29) is 5.78 Å². The zero-order valence-corrected chi connectivity index (χ0v) is 16.3. The van der Waals surface area contributed by atoms with Crippen LogP contribution in [0.5, 0.6) is 0 Å². The highest BCUT2D eigenvalue weighted by Gasteiger charge is 2.33. The molecule has 138 valence electrons. The highest BCUT2D eigenvalue weighted by Crippen LogP contribution is 2.42. The summed E-state index contributed by atoms with van der Waals surface area (Å²) in [7, 11) is -1.13. The van der Waals surface area contributed by atoms with Gasteiger partial charge in [-0.2, -0.15) is 0 Å². The predicted octanol–water partition coefficient (Wildman–Crippen LogP) is 4.76. The van der Waals surface area contributed by atoms with E-state index in [0.717, 1.165) is 24.0 Å². The van der Waals surface area contributed by atoms with Gasteiger partial charge in [0.1, 0.15) is 0 Å². The lowest BCUT2D eigenvalue weighted by molar-refractivity contribution is 0.103. The van der Waals surface area contributed by atoms with Crippen LogP contribution in [0.1, 0.15) is 51.6 Å². The third-order valence-electron chi connectivity index (χ3n) is 4.73. The lowest BCUT2D eigenvalue weighted by atomic mass is 9.94. The minimum atomic E-state index is -1.13. The quantitative estimate of drug-likeness (QED) is 0.560. The summed E-state index contributed by atoms with van der Waals surface area (Å²) in [4.78, 5) is 13.9. The van der Waals surface area contributed by atoms with Crippen LogP contribution in [0.25, 0.3) is 0 Å². The summed E-state index contributed by atoms with van der Waals surface area (Å²) in [6.45, 7) is 0. The molecule has 3 aromatic rings. The van der Waals surface area contributed by atoms with Gasteiger partial charge in [-0.1, -0.05) is 28.9 Å². The molecular formula is C21H18ClNO3S. The van der Waals surface area contributed by atoms with Gasteiger partial charge in [-0.15, -0.1) is 0 Å². The second-order valence-electron chi connectivity index (χ2n) is 6.79. The van der Waals surface area contributed by atoms with Crippen molar-refractivity contribution in [3.05, 3.63) is 81.7 Å². The van der Waals surface area contributed by atoms with Crippen molar-refractivity contribution in [2.75, 3.05) is 6.26 Å². The van der Waals surface area contributed by atoms with Gasteiger partial charge in [0.15, 0.2) is 11.5 Å². The minimum absolute atomic E-state index is 0.108. The topological polar surface area (TPSA) is 60.2 Å². The van der Waals surface area contributed by atoms with Gasteiger partial charge in [0.25, 0.3) is 0 Å². The summed E-state index contributed by atoms with van der Waals surface area (Å²) in [6, 6.07) is 12.9. The van der Waals surface area contributed by atoms with Crippen LogP contribution >= 0.6 is 11.6 Å². The summed E-state index contributed by atoms with van der Waals surface area (Å²) >= 11 is 6.10. The van der Waals surface area contributed by atoms with Crippen molar-refractivity contribution in [1.82, 2.24) is 5.16 Å². The van der Waals surface area contributed by atoms with Crippen LogP contribution in [0.2, 0.25) is 5.02 Å². The first kappa shape index (κ1) is 18.1. The Morgan fingerprint density at radius 1 is 1.22 bits per heavy atom. The standard InChI is InChI=1S/C21H18ClNO3S/c1-27(25)17-7-8-18(15(11-17)9-13-3-2-4-16(22)10-13)20(24)19-12-23-26-21(19)14-5-6-14/h2-4,7-8,10-12,14H,5-6,9H2,1H3. The summed E-state index contributed by atoms with van der Waals surface area (Å²) < 4.78 is 17.3. The van der Waals surface area contributed by atoms with E-state index in [0.29, 0.717) is 39.1 Å². The molecule has 2 aromatic carbocycles. The summed E-state index contributed by atoms with van der Waals surface area (Å²) in [5.74, 6) is 0.866. The van der Waals surface area contributed by atoms with Gasteiger partial charge in [-0.3, -0.25) is 9.00 Å². The Labute approximate surface area is 165 Å². The van der Waals surface area contributed by atoms with E-state index in [2.05, 4.69) is 5.16 Å². The Hall–Kier alpha value is -2.24. The first-order chi connectivity index (χ1) is 13.0. The third-order valence-corrected chi connectivity index (χ3v) is 5.88. The number of benzene rings is 2. The number of ketones is 1. The lowest BCUT2D eigenvalue weighted by Crippen LogP contribution is -2.08. The number of hydrogen-bond donors (Lipinski definition) is 0. The summed E-state index contributed by atoms with van der Waals surface area (Å²) in [6.07, 6.45) is 5.71. The van der Waals surface area contributed by atoms with E-state index in [4.69, 9.17) is 16.1 Å². The normalized spacial score (nSPS) is 14.9. The molecule has 4 rings (SSSR count). The van der Waals surface area contributed by atoms with E-state index in [1.54, 1.807) is 18.4 Å². The van der Waals surface area contributed by atoms with E-state index in [1.807, 2.05) is 30.3 Å². The van der Waals surface area contributed by atoms with Crippen LogP contribution < -0.4 is 0 Å². The van der Waals surface area contributed by atoms with E-state index in [1.165, 1.54) is 6.20 Å². The Kier molecular flexibility index (Phi) is 4.98. The van der Waals surface area contributed by atoms with E-state index >= 15 is 0 Å². The van der Waals surface area contributed by atoms with Crippen molar-refractivity contribution in [2.24, 2.45) is 0 Å². The fourth-order valence-corrected chi connectivity index (χ4v) is 3.97. The number of aromatic nitrogens is 1. The molecule has 1 fully saturated rings. The molecule has 27 heavy (non-hydrogen) atoms. The molecule has 1 heterocycles. The fourth-order valence-electron chi connectivity index (χ4n) is 3.19. The maximum absolute atomic E-state index is 13.2. The molecule has 0 N–H and O–H groups in total. The molecule has 1 atom stereocenters. The van der Waals surface area contributed by atoms with E-state index < -0.39 is 10.8 Å². The zero-order valence-electron chi connectivity index (χ0n) is 14.8. The van der Waals surface area contributed by atoms with Gasteiger partial charge in [-0.05, 0) is 60.7 Å². The molecule has 0 spiro atoms. The smallest absolute Gasteiger partial charge is 0.198 e. The number of carbonyl (C=O) groups excluding carboxylic acids is 1. The van der Waals surface area contributed by atoms with Crippen LogP contribution in [0.4, 0.5) is 0 Å². The van der Waals surface area contributed by atoms with Crippen molar-refractivity contribution < 1.29 is 13.5 Å². The third kappa shape index (κ3) is 3.89. The van der Waals surface area contributed by atoms with Crippen molar-refractivity contribution in [2.45, 2.75) is 30.1 Å². The van der Waals surface area contributed by atoms with Gasteiger partial charge < -0.3 is 4.52 Å². The number of hydrogen-bond acceptors (Lipinski definition) is 4. The number of nitrogens with zero attached hydrogens (tertiary/aromatic N) is 1. The molecule has 1 saturated carbocycles. The maximum atomic E-state index is 13.2. The largest absolute Gasteiger partial charge is 0.360 e. The van der Waals surface area contributed by atoms with Crippen LogP contribution in [0.3, 0.4) is 0 Å². The molecule has 1 aliphatic rings. The molecule has 0 amide bonds. The molecule has 4 nitrogen and oxygen atoms in total. The highest BCUT2D eigenvalue weighted by atomic mass is 35.5. The highest BCUT2D eigenvalue weighted by molar-refractivity contribution is 7.84. The Balaban J connectivity index is 1.75. The molecule has 1 unspecified atom stereocenters. The molecule has 0 aliphatic heterocycles. The van der Waals surface area contributed by atoms with Gasteiger partial charge >= 0.3 is 0 Å². The molecule has 0 saturated heterocycles. The molecular weight excluding hydrogens is 382 g/mol. The Bertz CT molecular complexity index is 1040. The van der Waals surface area contributed by atoms with Gasteiger partial charge in [0, 0.05) is 38.5 Å². The molecule has 0 bridgehead atoms. The maximum Gasteiger partial charge on any atom is 0.198 e. The predicted molar refractivity (Wildman–Crippen MR) is 105 cm³/mol. The molecule has 1 aliphatic carbocycles. The monoisotopic (exact) mass is 399 g/mol. The zero-order chi connectivity index (χ0) is 19.0. The number of carbonyl (C=O) groups is 1. The number of rotatable bonds is 6. The Morgan fingerprint density at radius 2 is 2.04 bits per heavy atom. The number of halogens is 1. The fraction of sp³-hybridized carbons (Fsp3) is 0.238. The Morgan fingerprint density at radius 3 is 2.74 bits per heavy atom. The summed E-state index contributed by atoms with van der Waals surface area (Å²) in [5, 5.41) is 4.48. The van der Waals surface area contributed by atoms with Crippen LogP contribution in [-0.2, 0) is 17.2 Å². The molecule has 1 aromatic heterocycles. The van der Waals surface area contributed by atoms with Crippen molar-refractivity contribution in [3.63, 3.8) is 0 Å². The van der Waals surface area contributed by atoms with Crippen molar-refractivity contribution in [1.29, 1.82) is 0 Å². The van der Waals surface area contributed by atoms with Crippen LogP contribution in [0.15, 0.2) is 58.1 Å². The van der Waals surface area contributed by atoms with Gasteiger partial charge in [0.05, 0.1) is 11.8 Å². The average molecular weight is 400 g/mol. The SMILES string of the molecule is CS(=O)c1ccc(C(=O)c2cnoc2C2CC2)c(Cc2cccc(Cl)c2)c1. The van der Waals surface area contributed by atoms with Crippen molar-refractivity contribution in [3.8, 4) is 0 Å². The molecule has 6 heteroatoms. The first-order valence-electron chi connectivity index (χ1n) is 8.73. The molecule has 0 radical (unpaired) electrons. The van der Waals surface area contributed by atoms with Crippen LogP contribution in [0, 0.1) is 0 Å². The van der Waals surface area contributed by atoms with E-state index in [9.17, 15) is 9.00 Å². The minimum Gasteiger partial charge on any atom is -0.360 e.